The number of nitro groups is 1. The highest BCUT2D eigenvalue weighted by molar-refractivity contribution is 6.07. The third-order valence-corrected chi connectivity index (χ3v) is 2.52. The first-order valence-corrected chi connectivity index (χ1v) is 5.55. The van der Waals surface area contributed by atoms with Crippen LogP contribution < -0.4 is 11.1 Å². The Bertz CT molecular complexity index is 736. The van der Waals surface area contributed by atoms with Crippen molar-refractivity contribution >= 4 is 23.1 Å². The van der Waals surface area contributed by atoms with Crippen LogP contribution in [0.15, 0.2) is 30.5 Å². The van der Waals surface area contributed by atoms with Gasteiger partial charge in [0.25, 0.3) is 11.6 Å². The standard InChI is InChI=1S/C12H8F2N4O3/c13-8-2-1-6(3-9(8)14)17-12(19)7-4-11(15)16-5-10(7)18(20)21/h1-5H,(H2,15,16)(H,17,19). The van der Waals surface area contributed by atoms with Gasteiger partial charge in [0, 0.05) is 11.8 Å². The number of rotatable bonds is 3. The molecule has 0 radical (unpaired) electrons. The Morgan fingerprint density at radius 3 is 2.62 bits per heavy atom. The molecule has 3 N–H and O–H groups in total. The second-order valence-electron chi connectivity index (χ2n) is 3.97. The zero-order valence-corrected chi connectivity index (χ0v) is 10.3. The van der Waals surface area contributed by atoms with Crippen LogP contribution in [0.4, 0.5) is 26.0 Å². The van der Waals surface area contributed by atoms with Gasteiger partial charge < -0.3 is 11.1 Å². The number of carbonyl (C=O) groups is 1. The largest absolute Gasteiger partial charge is 0.384 e. The van der Waals surface area contributed by atoms with Crippen molar-refractivity contribution in [2.24, 2.45) is 0 Å². The molecule has 0 saturated heterocycles. The van der Waals surface area contributed by atoms with E-state index in [0.717, 1.165) is 30.5 Å². The molecule has 1 aromatic heterocycles. The maximum atomic E-state index is 13.0. The van der Waals surface area contributed by atoms with Crippen LogP contribution in [-0.2, 0) is 0 Å². The van der Waals surface area contributed by atoms with E-state index in [0.29, 0.717) is 0 Å². The van der Waals surface area contributed by atoms with Crippen molar-refractivity contribution in [2.45, 2.75) is 0 Å². The molecule has 1 heterocycles. The summed E-state index contributed by atoms with van der Waals surface area (Å²) in [5, 5.41) is 13.0. The van der Waals surface area contributed by atoms with Crippen molar-refractivity contribution in [1.82, 2.24) is 4.98 Å². The highest BCUT2D eigenvalue weighted by atomic mass is 19.2. The molecule has 0 bridgehead atoms. The normalized spacial score (nSPS) is 10.2. The highest BCUT2D eigenvalue weighted by Gasteiger charge is 2.21. The molecular formula is C12H8F2N4O3. The zero-order chi connectivity index (χ0) is 15.6. The van der Waals surface area contributed by atoms with Crippen LogP contribution in [0, 0.1) is 21.7 Å². The Kier molecular flexibility index (Phi) is 3.74. The molecule has 9 heteroatoms. The highest BCUT2D eigenvalue weighted by Crippen LogP contribution is 2.21. The number of anilines is 2. The number of nitrogens with zero attached hydrogens (tertiary/aromatic N) is 2. The van der Waals surface area contributed by atoms with E-state index in [1.165, 1.54) is 0 Å². The van der Waals surface area contributed by atoms with Crippen LogP contribution >= 0.6 is 0 Å². The van der Waals surface area contributed by atoms with Crippen LogP contribution in [0.3, 0.4) is 0 Å². The van der Waals surface area contributed by atoms with Crippen LogP contribution in [0.25, 0.3) is 0 Å². The van der Waals surface area contributed by atoms with Crippen molar-refractivity contribution in [2.75, 3.05) is 11.1 Å². The maximum Gasteiger partial charge on any atom is 0.300 e. The summed E-state index contributed by atoms with van der Waals surface area (Å²) < 4.78 is 25.8. The fraction of sp³-hybridized carbons (Fsp3) is 0. The molecule has 0 aliphatic rings. The number of pyridine rings is 1. The summed E-state index contributed by atoms with van der Waals surface area (Å²) in [6.45, 7) is 0. The van der Waals surface area contributed by atoms with Gasteiger partial charge in [-0.2, -0.15) is 0 Å². The van der Waals surface area contributed by atoms with Gasteiger partial charge in [0.1, 0.15) is 17.6 Å². The van der Waals surface area contributed by atoms with Crippen LogP contribution in [0.1, 0.15) is 10.4 Å². The van der Waals surface area contributed by atoms with Gasteiger partial charge in [-0.25, -0.2) is 13.8 Å². The lowest BCUT2D eigenvalue weighted by molar-refractivity contribution is -0.385. The molecular weight excluding hydrogens is 286 g/mol. The number of hydrogen-bond donors (Lipinski definition) is 2. The molecule has 0 unspecified atom stereocenters. The van der Waals surface area contributed by atoms with Crippen molar-refractivity contribution in [1.29, 1.82) is 0 Å². The number of benzene rings is 1. The number of nitrogens with one attached hydrogen (secondary N) is 1. The van der Waals surface area contributed by atoms with Crippen LogP contribution in [-0.4, -0.2) is 15.8 Å². The minimum atomic E-state index is -1.16. The zero-order valence-electron chi connectivity index (χ0n) is 10.3. The number of amides is 1. The van der Waals surface area contributed by atoms with Crippen molar-refractivity contribution in [3.63, 3.8) is 0 Å². The van der Waals surface area contributed by atoms with Gasteiger partial charge in [-0.05, 0) is 18.2 Å². The minimum absolute atomic E-state index is 0.0522. The molecule has 2 rings (SSSR count). The molecule has 2 aromatic rings. The molecule has 7 nitrogen and oxygen atoms in total. The van der Waals surface area contributed by atoms with Gasteiger partial charge in [0.2, 0.25) is 0 Å². The number of carbonyl (C=O) groups excluding carboxylic acids is 1. The van der Waals surface area contributed by atoms with Crippen molar-refractivity contribution in [3.05, 3.63) is 57.8 Å². The first-order valence-electron chi connectivity index (χ1n) is 5.55. The number of halogens is 2. The summed E-state index contributed by atoms with van der Waals surface area (Å²) >= 11 is 0. The predicted octanol–water partition coefficient (Wildman–Crippen LogP) is 2.10. The van der Waals surface area contributed by atoms with E-state index in [4.69, 9.17) is 5.73 Å². The smallest absolute Gasteiger partial charge is 0.300 e. The lowest BCUT2D eigenvalue weighted by Crippen LogP contribution is -2.15. The van der Waals surface area contributed by atoms with E-state index in [1.807, 2.05) is 0 Å². The topological polar surface area (TPSA) is 111 Å². The van der Waals surface area contributed by atoms with E-state index in [9.17, 15) is 23.7 Å². The second kappa shape index (κ2) is 5.49. The minimum Gasteiger partial charge on any atom is -0.384 e. The number of nitrogens with two attached hydrogens (primary N) is 1. The Hall–Kier alpha value is -3.10. The molecule has 21 heavy (non-hydrogen) atoms. The molecule has 1 aromatic carbocycles. The summed E-state index contributed by atoms with van der Waals surface area (Å²) in [5.41, 5.74) is 4.44. The van der Waals surface area contributed by atoms with Crippen LogP contribution in [0.5, 0.6) is 0 Å². The van der Waals surface area contributed by atoms with E-state index in [1.54, 1.807) is 0 Å². The van der Waals surface area contributed by atoms with Crippen molar-refractivity contribution < 1.29 is 18.5 Å². The average Bonchev–Trinajstić information content (AvgIpc) is 2.42. The maximum absolute atomic E-state index is 13.0. The van der Waals surface area contributed by atoms with E-state index >= 15 is 0 Å². The summed E-state index contributed by atoms with van der Waals surface area (Å²) in [5.74, 6) is -3.21. The number of aromatic nitrogens is 1. The molecule has 108 valence electrons. The molecule has 0 aliphatic carbocycles. The van der Waals surface area contributed by atoms with Crippen molar-refractivity contribution in [3.8, 4) is 0 Å². The fourth-order valence-electron chi connectivity index (χ4n) is 1.56. The summed E-state index contributed by atoms with van der Waals surface area (Å²) in [6, 6.07) is 3.71. The van der Waals surface area contributed by atoms with Gasteiger partial charge in [-0.3, -0.25) is 14.9 Å². The van der Waals surface area contributed by atoms with Gasteiger partial charge in [-0.15, -0.1) is 0 Å². The summed E-state index contributed by atoms with van der Waals surface area (Å²) in [4.78, 5) is 25.5. The molecule has 0 fully saturated rings. The monoisotopic (exact) mass is 294 g/mol. The molecule has 0 aliphatic heterocycles. The predicted molar refractivity (Wildman–Crippen MR) is 69.6 cm³/mol. The Balaban J connectivity index is 2.34. The van der Waals surface area contributed by atoms with E-state index < -0.39 is 28.2 Å². The number of hydrogen-bond acceptors (Lipinski definition) is 5. The van der Waals surface area contributed by atoms with E-state index in [2.05, 4.69) is 10.3 Å². The van der Waals surface area contributed by atoms with Gasteiger partial charge in [0.05, 0.1) is 4.92 Å². The third-order valence-electron chi connectivity index (χ3n) is 2.52. The molecule has 0 atom stereocenters. The summed E-state index contributed by atoms with van der Waals surface area (Å²) in [7, 11) is 0. The Morgan fingerprint density at radius 2 is 2.00 bits per heavy atom. The number of nitrogen functional groups attached to an aromatic ring is 1. The molecule has 0 saturated carbocycles. The third kappa shape index (κ3) is 3.08. The van der Waals surface area contributed by atoms with E-state index in [-0.39, 0.29) is 17.1 Å². The molecule has 1 amide bonds. The Labute approximate surface area is 116 Å². The second-order valence-corrected chi connectivity index (χ2v) is 3.97. The lowest BCUT2D eigenvalue weighted by atomic mass is 10.2. The first-order chi connectivity index (χ1) is 9.88. The van der Waals surface area contributed by atoms with Gasteiger partial charge >= 0.3 is 0 Å². The fourth-order valence-corrected chi connectivity index (χ4v) is 1.56. The average molecular weight is 294 g/mol. The van der Waals surface area contributed by atoms with Crippen LogP contribution in [0.2, 0.25) is 0 Å². The quantitative estimate of drug-likeness (QED) is 0.665. The van der Waals surface area contributed by atoms with Gasteiger partial charge in [0.15, 0.2) is 11.6 Å². The lowest BCUT2D eigenvalue weighted by Gasteiger charge is -2.06. The van der Waals surface area contributed by atoms with Gasteiger partial charge in [-0.1, -0.05) is 0 Å². The first kappa shape index (κ1) is 14.3. The summed E-state index contributed by atoms with van der Waals surface area (Å²) in [6.07, 6.45) is 0.843. The Morgan fingerprint density at radius 1 is 1.29 bits per heavy atom. The SMILES string of the molecule is Nc1cc(C(=O)Nc2ccc(F)c(F)c2)c([N+](=O)[O-])cn1. The molecule has 0 spiro atoms.